The molecule has 1 aromatic heterocycles. The molecule has 0 radical (unpaired) electrons. The molecule has 0 aliphatic carbocycles. The molecule has 22 heavy (non-hydrogen) atoms. The van der Waals surface area contributed by atoms with Crippen LogP contribution in [0, 0.1) is 6.92 Å². The largest absolute Gasteiger partial charge is 0.357 e. The monoisotopic (exact) mass is 450 g/mol. The lowest BCUT2D eigenvalue weighted by molar-refractivity contribution is 0.811. The number of hydrogen-bond donors (Lipinski definition) is 2. The maximum Gasteiger partial charge on any atom is 0.191 e. The Morgan fingerprint density at radius 1 is 1.27 bits per heavy atom. The van der Waals surface area contributed by atoms with Crippen LogP contribution in [0.2, 0.25) is 5.02 Å². The Labute approximate surface area is 157 Å². The van der Waals surface area contributed by atoms with Crippen LogP contribution in [0.5, 0.6) is 0 Å². The van der Waals surface area contributed by atoms with Gasteiger partial charge < -0.3 is 10.6 Å². The SMILES string of the molecule is CCNC(=NCc1ccc(Cl)cc1)NCc1ncc(C)s1.I. The Bertz CT molecular complexity index is 598. The molecule has 0 aliphatic heterocycles. The molecule has 0 unspecified atom stereocenters. The first-order valence-corrected chi connectivity index (χ1v) is 8.04. The van der Waals surface area contributed by atoms with Crippen molar-refractivity contribution in [2.75, 3.05) is 6.54 Å². The highest BCUT2D eigenvalue weighted by atomic mass is 127. The van der Waals surface area contributed by atoms with E-state index in [-0.39, 0.29) is 24.0 Å². The first-order valence-electron chi connectivity index (χ1n) is 6.85. The fraction of sp³-hybridized carbons (Fsp3) is 0.333. The van der Waals surface area contributed by atoms with Gasteiger partial charge >= 0.3 is 0 Å². The minimum atomic E-state index is 0. The number of aliphatic imine (C=N–C) groups is 1. The van der Waals surface area contributed by atoms with E-state index in [1.54, 1.807) is 11.3 Å². The van der Waals surface area contributed by atoms with E-state index in [9.17, 15) is 0 Å². The van der Waals surface area contributed by atoms with Crippen molar-refractivity contribution in [1.82, 2.24) is 15.6 Å². The van der Waals surface area contributed by atoms with Crippen LogP contribution in [0.3, 0.4) is 0 Å². The van der Waals surface area contributed by atoms with E-state index in [1.165, 1.54) is 4.88 Å². The number of aromatic nitrogens is 1. The van der Waals surface area contributed by atoms with Crippen molar-refractivity contribution < 1.29 is 0 Å². The molecule has 1 heterocycles. The first kappa shape index (κ1) is 19.2. The van der Waals surface area contributed by atoms with Gasteiger partial charge in [0.25, 0.3) is 0 Å². The summed E-state index contributed by atoms with van der Waals surface area (Å²) in [6.07, 6.45) is 1.89. The summed E-state index contributed by atoms with van der Waals surface area (Å²) in [6, 6.07) is 7.73. The molecule has 0 saturated carbocycles. The summed E-state index contributed by atoms with van der Waals surface area (Å²) in [6.45, 7) is 6.23. The maximum absolute atomic E-state index is 5.88. The fourth-order valence-electron chi connectivity index (χ4n) is 1.74. The number of thiazole rings is 1. The molecule has 2 rings (SSSR count). The molecule has 2 N–H and O–H groups in total. The Balaban J connectivity index is 0.00000242. The number of halogens is 2. The Morgan fingerprint density at radius 2 is 2.00 bits per heavy atom. The van der Waals surface area contributed by atoms with Crippen molar-refractivity contribution in [1.29, 1.82) is 0 Å². The van der Waals surface area contributed by atoms with Crippen LogP contribution in [0.25, 0.3) is 0 Å². The van der Waals surface area contributed by atoms with Crippen molar-refractivity contribution >= 4 is 52.9 Å². The average molecular weight is 451 g/mol. The number of nitrogens with zero attached hydrogens (tertiary/aromatic N) is 2. The van der Waals surface area contributed by atoms with Gasteiger partial charge in [0.15, 0.2) is 5.96 Å². The summed E-state index contributed by atoms with van der Waals surface area (Å²) in [5.74, 6) is 0.792. The van der Waals surface area contributed by atoms with Crippen molar-refractivity contribution in [3.8, 4) is 0 Å². The van der Waals surface area contributed by atoms with Crippen LogP contribution in [0.1, 0.15) is 22.4 Å². The van der Waals surface area contributed by atoms with Crippen molar-refractivity contribution in [2.45, 2.75) is 26.9 Å². The van der Waals surface area contributed by atoms with Gasteiger partial charge in [-0.1, -0.05) is 23.7 Å². The third-order valence-electron chi connectivity index (χ3n) is 2.75. The van der Waals surface area contributed by atoms with E-state index in [0.29, 0.717) is 13.1 Å². The van der Waals surface area contributed by atoms with Crippen molar-refractivity contribution in [3.05, 3.63) is 50.9 Å². The van der Waals surface area contributed by atoms with Gasteiger partial charge in [-0.3, -0.25) is 0 Å². The van der Waals surface area contributed by atoms with Crippen LogP contribution < -0.4 is 10.6 Å². The number of rotatable bonds is 5. The lowest BCUT2D eigenvalue weighted by Gasteiger charge is -2.10. The van der Waals surface area contributed by atoms with Gasteiger partial charge in [0.05, 0.1) is 13.1 Å². The predicted octanol–water partition coefficient (Wildman–Crippen LogP) is 3.98. The maximum atomic E-state index is 5.88. The second-order valence-electron chi connectivity index (χ2n) is 4.54. The summed E-state index contributed by atoms with van der Waals surface area (Å²) in [4.78, 5) is 10.1. The molecule has 1 aromatic carbocycles. The number of guanidine groups is 1. The molecule has 0 bridgehead atoms. The summed E-state index contributed by atoms with van der Waals surface area (Å²) in [5.41, 5.74) is 1.13. The molecule has 120 valence electrons. The fourth-order valence-corrected chi connectivity index (χ4v) is 2.60. The van der Waals surface area contributed by atoms with Gasteiger partial charge in [0.1, 0.15) is 5.01 Å². The topological polar surface area (TPSA) is 49.3 Å². The van der Waals surface area contributed by atoms with E-state index in [0.717, 1.165) is 28.1 Å². The zero-order valence-electron chi connectivity index (χ0n) is 12.6. The van der Waals surface area contributed by atoms with Crippen LogP contribution in [0.4, 0.5) is 0 Å². The highest BCUT2D eigenvalue weighted by Crippen LogP contribution is 2.11. The molecule has 7 heteroatoms. The van der Waals surface area contributed by atoms with E-state index < -0.39 is 0 Å². The third kappa shape index (κ3) is 6.50. The van der Waals surface area contributed by atoms with Crippen molar-refractivity contribution in [3.63, 3.8) is 0 Å². The van der Waals surface area contributed by atoms with Gasteiger partial charge in [-0.25, -0.2) is 9.98 Å². The Morgan fingerprint density at radius 3 is 2.59 bits per heavy atom. The zero-order valence-corrected chi connectivity index (χ0v) is 16.5. The summed E-state index contributed by atoms with van der Waals surface area (Å²) in [5, 5.41) is 8.33. The molecule has 0 spiro atoms. The third-order valence-corrected chi connectivity index (χ3v) is 3.92. The minimum absolute atomic E-state index is 0. The smallest absolute Gasteiger partial charge is 0.191 e. The Hall–Kier alpha value is -0.860. The molecule has 0 fully saturated rings. The second-order valence-corrected chi connectivity index (χ2v) is 6.30. The average Bonchev–Trinajstić information content (AvgIpc) is 2.89. The number of nitrogens with one attached hydrogen (secondary N) is 2. The lowest BCUT2D eigenvalue weighted by Crippen LogP contribution is -2.36. The zero-order chi connectivity index (χ0) is 15.1. The molecule has 0 saturated heterocycles. The molecule has 0 atom stereocenters. The summed E-state index contributed by atoms with van der Waals surface area (Å²) < 4.78 is 0. The molecular weight excluding hydrogens is 431 g/mol. The summed E-state index contributed by atoms with van der Waals surface area (Å²) >= 11 is 7.57. The standard InChI is InChI=1S/C15H19ClN4S.HI/c1-3-17-15(20-10-14-18-8-11(2)21-14)19-9-12-4-6-13(16)7-5-12;/h4-8H,3,9-10H2,1-2H3,(H2,17,19,20);1H. The molecule has 2 aromatic rings. The van der Waals surface area contributed by atoms with Gasteiger partial charge in [0.2, 0.25) is 0 Å². The quantitative estimate of drug-likeness (QED) is 0.412. The number of hydrogen-bond acceptors (Lipinski definition) is 3. The molecular formula is C15H20ClIN4S. The van der Waals surface area contributed by atoms with Crippen molar-refractivity contribution in [2.24, 2.45) is 4.99 Å². The van der Waals surface area contributed by atoms with E-state index in [1.807, 2.05) is 37.4 Å². The second kappa shape index (κ2) is 10.0. The van der Waals surface area contributed by atoms with Crippen LogP contribution in [-0.4, -0.2) is 17.5 Å². The van der Waals surface area contributed by atoms with Gasteiger partial charge in [-0.05, 0) is 31.5 Å². The number of benzene rings is 1. The lowest BCUT2D eigenvalue weighted by atomic mass is 10.2. The first-order chi connectivity index (χ1) is 10.2. The molecule has 0 amide bonds. The van der Waals surface area contributed by atoms with Gasteiger partial charge in [0, 0.05) is 22.6 Å². The predicted molar refractivity (Wildman–Crippen MR) is 105 cm³/mol. The highest BCUT2D eigenvalue weighted by Gasteiger charge is 2.01. The van der Waals surface area contributed by atoms with E-state index >= 15 is 0 Å². The van der Waals surface area contributed by atoms with E-state index in [2.05, 4.69) is 27.5 Å². The Kier molecular flexibility index (Phi) is 8.74. The van der Waals surface area contributed by atoms with E-state index in [4.69, 9.17) is 11.6 Å². The molecule has 0 aliphatic rings. The van der Waals surface area contributed by atoms with Gasteiger partial charge in [-0.2, -0.15) is 0 Å². The normalized spacial score (nSPS) is 11.0. The van der Waals surface area contributed by atoms with Crippen LogP contribution in [0.15, 0.2) is 35.5 Å². The van der Waals surface area contributed by atoms with Crippen LogP contribution in [-0.2, 0) is 13.1 Å². The van der Waals surface area contributed by atoms with Gasteiger partial charge in [-0.15, -0.1) is 35.3 Å². The molecule has 4 nitrogen and oxygen atoms in total. The van der Waals surface area contributed by atoms with Crippen LogP contribution >= 0.6 is 46.9 Å². The highest BCUT2D eigenvalue weighted by molar-refractivity contribution is 14.0. The minimum Gasteiger partial charge on any atom is -0.357 e. The summed E-state index contributed by atoms with van der Waals surface area (Å²) in [7, 11) is 0. The number of aryl methyl sites for hydroxylation is 1.